The summed E-state index contributed by atoms with van der Waals surface area (Å²) in [6.07, 6.45) is 0.757. The number of hydrogen-bond acceptors (Lipinski definition) is 3. The molecule has 0 aliphatic carbocycles. The molecule has 0 atom stereocenters. The molecule has 3 aromatic rings. The van der Waals surface area contributed by atoms with E-state index in [1.807, 2.05) is 75.9 Å². The number of carbonyl (C=O) groups excluding carboxylic acids is 2. The van der Waals surface area contributed by atoms with E-state index in [-0.39, 0.29) is 11.8 Å². The summed E-state index contributed by atoms with van der Waals surface area (Å²) in [7, 11) is 4.09. The summed E-state index contributed by atoms with van der Waals surface area (Å²) < 4.78 is 2.20. The van der Waals surface area contributed by atoms with E-state index in [1.165, 1.54) is 0 Å². The van der Waals surface area contributed by atoms with Crippen molar-refractivity contribution in [2.45, 2.75) is 47.1 Å². The van der Waals surface area contributed by atoms with Gasteiger partial charge in [0.15, 0.2) is 0 Å². The van der Waals surface area contributed by atoms with Gasteiger partial charge in [-0.15, -0.1) is 0 Å². The van der Waals surface area contributed by atoms with Gasteiger partial charge < -0.3 is 9.47 Å². The van der Waals surface area contributed by atoms with Crippen molar-refractivity contribution in [3.05, 3.63) is 47.5 Å². The number of benzene rings is 2. The molecule has 0 unspecified atom stereocenters. The van der Waals surface area contributed by atoms with Crippen LogP contribution in [-0.2, 0) is 16.1 Å². The van der Waals surface area contributed by atoms with Crippen LogP contribution in [0.25, 0.3) is 10.9 Å². The molecule has 0 saturated heterocycles. The molecule has 6 nitrogen and oxygen atoms in total. The van der Waals surface area contributed by atoms with Crippen LogP contribution in [0.15, 0.2) is 36.4 Å². The number of para-hydroxylation sites is 1. The number of rotatable bonds is 5. The van der Waals surface area contributed by atoms with E-state index in [4.69, 9.17) is 0 Å². The van der Waals surface area contributed by atoms with Crippen molar-refractivity contribution in [3.8, 4) is 0 Å². The predicted molar refractivity (Wildman–Crippen MR) is 131 cm³/mol. The van der Waals surface area contributed by atoms with Crippen molar-refractivity contribution in [3.63, 3.8) is 0 Å². The lowest BCUT2D eigenvalue weighted by Crippen LogP contribution is -2.37. The zero-order valence-corrected chi connectivity index (χ0v) is 19.9. The van der Waals surface area contributed by atoms with Crippen LogP contribution in [-0.4, -0.2) is 41.9 Å². The maximum absolute atomic E-state index is 13.4. The van der Waals surface area contributed by atoms with Crippen LogP contribution < -0.4 is 9.80 Å². The number of amides is 2. The Labute approximate surface area is 190 Å². The van der Waals surface area contributed by atoms with Gasteiger partial charge in [0.05, 0.1) is 22.6 Å². The van der Waals surface area contributed by atoms with Gasteiger partial charge in [-0.2, -0.15) is 0 Å². The van der Waals surface area contributed by atoms with E-state index in [0.29, 0.717) is 19.4 Å². The Morgan fingerprint density at radius 1 is 0.875 bits per heavy atom. The van der Waals surface area contributed by atoms with Gasteiger partial charge in [0.25, 0.3) is 0 Å². The molecular formula is C26H32N4O2. The lowest BCUT2D eigenvalue weighted by atomic mass is 10.0. The SMILES string of the molecule is CCC(=O)N1c2cc(C)c(C)cc2N(C(=O)CC)c2c1c1ccccc1n2CCN(C)C. The first kappa shape index (κ1) is 22.1. The van der Waals surface area contributed by atoms with Crippen molar-refractivity contribution in [1.29, 1.82) is 0 Å². The molecule has 2 amide bonds. The first-order chi connectivity index (χ1) is 15.3. The second-order valence-corrected chi connectivity index (χ2v) is 8.73. The molecule has 0 fully saturated rings. The molecule has 2 heterocycles. The number of carbonyl (C=O) groups is 2. The van der Waals surface area contributed by atoms with Crippen LogP contribution in [0, 0.1) is 13.8 Å². The molecule has 32 heavy (non-hydrogen) atoms. The standard InChI is InChI=1S/C26H32N4O2/c1-7-23(31)29-21-15-17(3)18(4)16-22(21)30(24(32)8-2)26-25(29)19-11-9-10-12-20(19)28(26)14-13-27(5)6/h9-12,15-16H,7-8,13-14H2,1-6H3. The monoisotopic (exact) mass is 432 g/mol. The molecule has 0 saturated carbocycles. The third-order valence-electron chi connectivity index (χ3n) is 6.30. The maximum atomic E-state index is 13.4. The quantitative estimate of drug-likeness (QED) is 0.551. The van der Waals surface area contributed by atoms with Crippen molar-refractivity contribution in [1.82, 2.24) is 9.47 Å². The van der Waals surface area contributed by atoms with Gasteiger partial charge >= 0.3 is 0 Å². The van der Waals surface area contributed by atoms with Gasteiger partial charge in [-0.05, 0) is 57.3 Å². The molecule has 4 rings (SSSR count). The minimum Gasteiger partial charge on any atom is -0.324 e. The van der Waals surface area contributed by atoms with Crippen molar-refractivity contribution < 1.29 is 9.59 Å². The van der Waals surface area contributed by atoms with Gasteiger partial charge in [-0.3, -0.25) is 19.4 Å². The predicted octanol–water partition coefficient (Wildman–Crippen LogP) is 5.28. The first-order valence-electron chi connectivity index (χ1n) is 11.3. The van der Waals surface area contributed by atoms with E-state index >= 15 is 0 Å². The van der Waals surface area contributed by atoms with Gasteiger partial charge in [-0.1, -0.05) is 32.0 Å². The highest BCUT2D eigenvalue weighted by Gasteiger charge is 2.39. The Bertz CT molecular complexity index is 1210. The number of fused-ring (bicyclic) bond motifs is 4. The summed E-state index contributed by atoms with van der Waals surface area (Å²) in [6, 6.07) is 12.2. The van der Waals surface area contributed by atoms with Gasteiger partial charge in [0.1, 0.15) is 5.82 Å². The third-order valence-corrected chi connectivity index (χ3v) is 6.30. The summed E-state index contributed by atoms with van der Waals surface area (Å²) in [5.41, 5.74) is 5.60. The van der Waals surface area contributed by atoms with Crippen LogP contribution in [0.1, 0.15) is 37.8 Å². The highest BCUT2D eigenvalue weighted by molar-refractivity contribution is 6.22. The average molecular weight is 433 g/mol. The van der Waals surface area contributed by atoms with Crippen molar-refractivity contribution >= 4 is 45.6 Å². The highest BCUT2D eigenvalue weighted by Crippen LogP contribution is 2.53. The Kier molecular flexibility index (Phi) is 5.82. The fourth-order valence-corrected chi connectivity index (χ4v) is 4.45. The summed E-state index contributed by atoms with van der Waals surface area (Å²) in [5.74, 6) is 0.834. The molecule has 1 aromatic heterocycles. The van der Waals surface area contributed by atoms with Crippen molar-refractivity contribution in [2.24, 2.45) is 0 Å². The fourth-order valence-electron chi connectivity index (χ4n) is 4.45. The molecular weight excluding hydrogens is 400 g/mol. The Balaban J connectivity index is 2.13. The smallest absolute Gasteiger partial charge is 0.232 e. The molecule has 0 spiro atoms. The maximum Gasteiger partial charge on any atom is 0.232 e. The zero-order chi connectivity index (χ0) is 23.2. The van der Waals surface area contributed by atoms with Crippen LogP contribution in [0.3, 0.4) is 0 Å². The highest BCUT2D eigenvalue weighted by atomic mass is 16.2. The summed E-state index contributed by atoms with van der Waals surface area (Å²) in [4.78, 5) is 32.6. The Morgan fingerprint density at radius 3 is 2.03 bits per heavy atom. The van der Waals surface area contributed by atoms with E-state index < -0.39 is 0 Å². The molecule has 2 aromatic carbocycles. The number of aryl methyl sites for hydroxylation is 2. The summed E-state index contributed by atoms with van der Waals surface area (Å²) in [6.45, 7) is 9.40. The molecule has 0 radical (unpaired) electrons. The zero-order valence-electron chi connectivity index (χ0n) is 19.9. The van der Waals surface area contributed by atoms with Crippen molar-refractivity contribution in [2.75, 3.05) is 30.4 Å². The Morgan fingerprint density at radius 2 is 1.44 bits per heavy atom. The summed E-state index contributed by atoms with van der Waals surface area (Å²) in [5, 5.41) is 0.987. The van der Waals surface area contributed by atoms with Gasteiger partial charge in [-0.25, -0.2) is 0 Å². The second kappa shape index (κ2) is 8.43. The molecule has 168 valence electrons. The third kappa shape index (κ3) is 3.39. The number of hydrogen-bond donors (Lipinski definition) is 0. The minimum atomic E-state index is 0.0215. The molecule has 0 N–H and O–H groups in total. The van der Waals surface area contributed by atoms with Crippen LogP contribution >= 0.6 is 0 Å². The topological polar surface area (TPSA) is 48.8 Å². The van der Waals surface area contributed by atoms with Crippen LogP contribution in [0.5, 0.6) is 0 Å². The largest absolute Gasteiger partial charge is 0.324 e. The first-order valence-corrected chi connectivity index (χ1v) is 11.3. The van der Waals surface area contributed by atoms with Crippen LogP contribution in [0.2, 0.25) is 0 Å². The van der Waals surface area contributed by atoms with Gasteiger partial charge in [0.2, 0.25) is 11.8 Å². The van der Waals surface area contributed by atoms with E-state index in [2.05, 4.69) is 21.6 Å². The van der Waals surface area contributed by atoms with Crippen LogP contribution in [0.4, 0.5) is 22.9 Å². The lowest BCUT2D eigenvalue weighted by molar-refractivity contribution is -0.118. The minimum absolute atomic E-state index is 0.0215. The number of aromatic nitrogens is 1. The van der Waals surface area contributed by atoms with E-state index in [1.54, 1.807) is 0 Å². The number of nitrogens with zero attached hydrogens (tertiary/aromatic N) is 4. The molecule has 6 heteroatoms. The Hall–Kier alpha value is -3.12. The lowest BCUT2D eigenvalue weighted by Gasteiger charge is -2.38. The van der Waals surface area contributed by atoms with E-state index in [9.17, 15) is 9.59 Å². The fraction of sp³-hybridized carbons (Fsp3) is 0.385. The molecule has 1 aliphatic rings. The molecule has 0 bridgehead atoms. The normalized spacial score (nSPS) is 13.0. The van der Waals surface area contributed by atoms with Gasteiger partial charge in [0, 0.05) is 31.3 Å². The number of likely N-dealkylation sites (N-methyl/N-ethyl adjacent to an activating group) is 1. The summed E-state index contributed by atoms with van der Waals surface area (Å²) >= 11 is 0. The second-order valence-electron chi connectivity index (χ2n) is 8.73. The average Bonchev–Trinajstić information content (AvgIpc) is 3.09. The van der Waals surface area contributed by atoms with E-state index in [0.717, 1.165) is 51.5 Å². The molecule has 1 aliphatic heterocycles. The number of anilines is 4.